The Morgan fingerprint density at radius 3 is 2.32 bits per heavy atom. The molecule has 28 heavy (non-hydrogen) atoms. The highest BCUT2D eigenvalue weighted by Gasteiger charge is 2.19. The average Bonchev–Trinajstić information content (AvgIpc) is 3.11. The zero-order valence-electron chi connectivity index (χ0n) is 15.2. The molecule has 0 aliphatic rings. The van der Waals surface area contributed by atoms with Crippen molar-refractivity contribution >= 4 is 33.4 Å². The lowest BCUT2D eigenvalue weighted by Crippen LogP contribution is -2.16. The minimum absolute atomic E-state index is 0.0195. The van der Waals surface area contributed by atoms with Crippen molar-refractivity contribution in [2.24, 2.45) is 0 Å². The number of rotatable bonds is 6. The molecule has 2 aromatic carbocycles. The first-order valence-electron chi connectivity index (χ1n) is 8.48. The van der Waals surface area contributed by atoms with Gasteiger partial charge in [0.15, 0.2) is 9.84 Å². The van der Waals surface area contributed by atoms with Gasteiger partial charge in [-0.05, 0) is 55.8 Å². The van der Waals surface area contributed by atoms with E-state index in [0.717, 1.165) is 0 Å². The molecule has 1 aromatic heterocycles. The lowest BCUT2D eigenvalue weighted by Gasteiger charge is -2.08. The van der Waals surface area contributed by atoms with Gasteiger partial charge in [0, 0.05) is 10.6 Å². The highest BCUT2D eigenvalue weighted by molar-refractivity contribution is 7.92. The fourth-order valence-electron chi connectivity index (χ4n) is 2.40. The average molecular weight is 420 g/mol. The van der Waals surface area contributed by atoms with Gasteiger partial charge in [-0.2, -0.15) is 0 Å². The molecule has 0 saturated heterocycles. The van der Waals surface area contributed by atoms with E-state index >= 15 is 0 Å². The van der Waals surface area contributed by atoms with E-state index in [4.69, 9.17) is 16.0 Å². The summed E-state index contributed by atoms with van der Waals surface area (Å²) in [4.78, 5) is 12.4. The summed E-state index contributed by atoms with van der Waals surface area (Å²) in [5, 5.41) is 10.3. The molecule has 0 bridgehead atoms. The SMILES string of the molecule is CC(C)S(=O)(=O)c1ccc(CC(=O)Nc2nnc(-c3ccc(Cl)cc3)o2)cc1. The third-order valence-electron chi connectivity index (χ3n) is 4.00. The van der Waals surface area contributed by atoms with Crippen molar-refractivity contribution in [2.45, 2.75) is 30.4 Å². The van der Waals surface area contributed by atoms with Crippen LogP contribution in [0.15, 0.2) is 57.8 Å². The van der Waals surface area contributed by atoms with Crippen LogP contribution in [0.2, 0.25) is 5.02 Å². The number of benzene rings is 2. The number of anilines is 1. The Balaban J connectivity index is 1.64. The quantitative estimate of drug-likeness (QED) is 0.652. The monoisotopic (exact) mass is 419 g/mol. The van der Waals surface area contributed by atoms with Gasteiger partial charge in [0.05, 0.1) is 16.6 Å². The van der Waals surface area contributed by atoms with E-state index < -0.39 is 15.1 Å². The first kappa shape index (κ1) is 20.0. The standard InChI is InChI=1S/C19H18ClN3O4S/c1-12(2)28(25,26)16-9-3-13(4-10-16)11-17(24)21-19-23-22-18(27-19)14-5-7-15(20)8-6-14/h3-10,12H,11H2,1-2H3,(H,21,23,24). The molecule has 0 radical (unpaired) electrons. The van der Waals surface area contributed by atoms with Crippen LogP contribution < -0.4 is 5.32 Å². The molecule has 3 rings (SSSR count). The van der Waals surface area contributed by atoms with Crippen LogP contribution in [-0.2, 0) is 21.1 Å². The lowest BCUT2D eigenvalue weighted by atomic mass is 10.1. The topological polar surface area (TPSA) is 102 Å². The molecule has 1 heterocycles. The normalized spacial score (nSPS) is 11.6. The Kier molecular flexibility index (Phi) is 5.81. The number of hydrogen-bond acceptors (Lipinski definition) is 6. The van der Waals surface area contributed by atoms with Gasteiger partial charge in [0.25, 0.3) is 0 Å². The molecule has 1 amide bonds. The smallest absolute Gasteiger partial charge is 0.322 e. The van der Waals surface area contributed by atoms with Crippen molar-refractivity contribution in [2.75, 3.05) is 5.32 Å². The van der Waals surface area contributed by atoms with E-state index in [0.29, 0.717) is 16.1 Å². The third-order valence-corrected chi connectivity index (χ3v) is 6.42. The fourth-order valence-corrected chi connectivity index (χ4v) is 3.59. The number of carbonyl (C=O) groups is 1. The number of halogens is 1. The summed E-state index contributed by atoms with van der Waals surface area (Å²) in [6.07, 6.45) is 0.0423. The van der Waals surface area contributed by atoms with Gasteiger partial charge >= 0.3 is 6.01 Å². The second kappa shape index (κ2) is 8.12. The van der Waals surface area contributed by atoms with Gasteiger partial charge in [-0.25, -0.2) is 8.42 Å². The molecule has 0 fully saturated rings. The molecule has 3 aromatic rings. The van der Waals surface area contributed by atoms with Gasteiger partial charge < -0.3 is 4.42 Å². The second-order valence-electron chi connectivity index (χ2n) is 6.38. The zero-order valence-corrected chi connectivity index (χ0v) is 16.8. The summed E-state index contributed by atoms with van der Waals surface area (Å²) in [6.45, 7) is 3.25. The van der Waals surface area contributed by atoms with Gasteiger partial charge in [-0.3, -0.25) is 10.1 Å². The van der Waals surface area contributed by atoms with E-state index in [-0.39, 0.29) is 29.1 Å². The van der Waals surface area contributed by atoms with Gasteiger partial charge in [0.1, 0.15) is 0 Å². The summed E-state index contributed by atoms with van der Waals surface area (Å²) in [5.41, 5.74) is 1.34. The van der Waals surface area contributed by atoms with Crippen molar-refractivity contribution in [3.63, 3.8) is 0 Å². The molecule has 146 valence electrons. The Labute approximate surface area is 167 Å². The maximum atomic E-state index is 12.2. The highest BCUT2D eigenvalue weighted by atomic mass is 35.5. The number of nitrogens with one attached hydrogen (secondary N) is 1. The fraction of sp³-hybridized carbons (Fsp3) is 0.211. The van der Waals surface area contributed by atoms with Crippen LogP contribution in [0.1, 0.15) is 19.4 Å². The number of amides is 1. The number of nitrogens with zero attached hydrogens (tertiary/aromatic N) is 2. The zero-order chi connectivity index (χ0) is 20.3. The molecule has 0 spiro atoms. The van der Waals surface area contributed by atoms with Crippen molar-refractivity contribution in [3.05, 3.63) is 59.1 Å². The largest absolute Gasteiger partial charge is 0.403 e. The van der Waals surface area contributed by atoms with Crippen molar-refractivity contribution in [1.82, 2.24) is 10.2 Å². The molecule has 9 heteroatoms. The lowest BCUT2D eigenvalue weighted by molar-refractivity contribution is -0.115. The summed E-state index contributed by atoms with van der Waals surface area (Å²) in [6, 6.07) is 13.1. The predicted octanol–water partition coefficient (Wildman–Crippen LogP) is 3.75. The summed E-state index contributed by atoms with van der Waals surface area (Å²) >= 11 is 5.84. The number of sulfone groups is 1. The molecule has 0 aliphatic carbocycles. The van der Waals surface area contributed by atoms with Gasteiger partial charge in [0.2, 0.25) is 11.8 Å². The van der Waals surface area contributed by atoms with Crippen LogP contribution in [0.4, 0.5) is 6.01 Å². The van der Waals surface area contributed by atoms with E-state index in [1.54, 1.807) is 50.2 Å². The Morgan fingerprint density at radius 1 is 1.07 bits per heavy atom. The van der Waals surface area contributed by atoms with Crippen molar-refractivity contribution in [3.8, 4) is 11.5 Å². The highest BCUT2D eigenvalue weighted by Crippen LogP contribution is 2.22. The van der Waals surface area contributed by atoms with Crippen LogP contribution in [0, 0.1) is 0 Å². The molecule has 7 nitrogen and oxygen atoms in total. The van der Waals surface area contributed by atoms with Crippen LogP contribution >= 0.6 is 11.6 Å². The number of carbonyl (C=O) groups excluding carboxylic acids is 1. The second-order valence-corrected chi connectivity index (χ2v) is 9.32. The molecular formula is C19H18ClN3O4S. The summed E-state index contributed by atoms with van der Waals surface area (Å²) < 4.78 is 29.7. The molecule has 0 unspecified atom stereocenters. The first-order valence-corrected chi connectivity index (χ1v) is 10.4. The Hall–Kier alpha value is -2.71. The maximum absolute atomic E-state index is 12.2. The Bertz CT molecular complexity index is 1080. The van der Waals surface area contributed by atoms with Crippen LogP contribution in [0.5, 0.6) is 0 Å². The Morgan fingerprint density at radius 2 is 1.71 bits per heavy atom. The summed E-state index contributed by atoms with van der Waals surface area (Å²) in [5.74, 6) is -0.0963. The molecule has 0 aliphatic heterocycles. The maximum Gasteiger partial charge on any atom is 0.322 e. The van der Waals surface area contributed by atoms with E-state index in [1.807, 2.05) is 0 Å². The van der Waals surface area contributed by atoms with E-state index in [9.17, 15) is 13.2 Å². The van der Waals surface area contributed by atoms with Gasteiger partial charge in [-0.15, -0.1) is 5.10 Å². The van der Waals surface area contributed by atoms with Crippen molar-refractivity contribution in [1.29, 1.82) is 0 Å². The number of aromatic nitrogens is 2. The first-order chi connectivity index (χ1) is 13.3. The third kappa shape index (κ3) is 4.58. The minimum Gasteiger partial charge on any atom is -0.403 e. The molecular weight excluding hydrogens is 402 g/mol. The minimum atomic E-state index is -3.34. The predicted molar refractivity (Wildman–Crippen MR) is 106 cm³/mol. The van der Waals surface area contributed by atoms with E-state index in [2.05, 4.69) is 15.5 Å². The van der Waals surface area contributed by atoms with Crippen molar-refractivity contribution < 1.29 is 17.6 Å². The molecule has 1 N–H and O–H groups in total. The van der Waals surface area contributed by atoms with Gasteiger partial charge in [-0.1, -0.05) is 28.8 Å². The van der Waals surface area contributed by atoms with Crippen LogP contribution in [0.3, 0.4) is 0 Å². The van der Waals surface area contributed by atoms with Crippen LogP contribution in [0.25, 0.3) is 11.5 Å². The number of hydrogen-bond donors (Lipinski definition) is 1. The molecule has 0 atom stereocenters. The van der Waals surface area contributed by atoms with Crippen LogP contribution in [-0.4, -0.2) is 29.8 Å². The molecule has 0 saturated carbocycles. The summed E-state index contributed by atoms with van der Waals surface area (Å²) in [7, 11) is -3.34. The van der Waals surface area contributed by atoms with E-state index in [1.165, 1.54) is 12.1 Å².